The molecule has 0 aromatic carbocycles. The first kappa shape index (κ1) is 11.8. The van der Waals surface area contributed by atoms with Gasteiger partial charge in [0.15, 0.2) is 0 Å². The van der Waals surface area contributed by atoms with Crippen molar-refractivity contribution in [3.8, 4) is 0 Å². The fraction of sp³-hybridized carbons (Fsp3) is 0.583. The highest BCUT2D eigenvalue weighted by Gasteiger charge is 2.34. The number of hydrogen-bond donors (Lipinski definition) is 1. The maximum Gasteiger partial charge on any atom is 0.145 e. The van der Waals surface area contributed by atoms with Crippen molar-refractivity contribution in [2.75, 3.05) is 18.4 Å². The number of nitrogens with one attached hydrogen (secondary N) is 1. The van der Waals surface area contributed by atoms with Crippen molar-refractivity contribution in [1.82, 2.24) is 9.88 Å². The highest BCUT2D eigenvalue weighted by molar-refractivity contribution is 9.10. The van der Waals surface area contributed by atoms with E-state index in [-0.39, 0.29) is 0 Å². The van der Waals surface area contributed by atoms with Gasteiger partial charge in [-0.2, -0.15) is 0 Å². The SMILES string of the molecule is Clc1cc(Br)cnc1NC1CCN(C2CC2)C1. The average molecular weight is 317 g/mol. The molecule has 1 aromatic heterocycles. The lowest BCUT2D eigenvalue weighted by Crippen LogP contribution is -2.28. The van der Waals surface area contributed by atoms with Crippen molar-refractivity contribution in [2.45, 2.75) is 31.3 Å². The van der Waals surface area contributed by atoms with E-state index in [1.165, 1.54) is 25.8 Å². The molecule has 0 radical (unpaired) electrons. The van der Waals surface area contributed by atoms with Crippen LogP contribution >= 0.6 is 27.5 Å². The second kappa shape index (κ2) is 4.75. The highest BCUT2D eigenvalue weighted by atomic mass is 79.9. The number of nitrogens with zero attached hydrogens (tertiary/aromatic N) is 2. The van der Waals surface area contributed by atoms with Gasteiger partial charge in [-0.15, -0.1) is 0 Å². The highest BCUT2D eigenvalue weighted by Crippen LogP contribution is 2.31. The number of likely N-dealkylation sites (tertiary alicyclic amines) is 1. The molecule has 1 saturated carbocycles. The molecule has 1 aromatic rings. The monoisotopic (exact) mass is 315 g/mol. The quantitative estimate of drug-likeness (QED) is 0.928. The van der Waals surface area contributed by atoms with Crippen LogP contribution < -0.4 is 5.32 Å². The summed E-state index contributed by atoms with van der Waals surface area (Å²) in [6, 6.07) is 3.22. The van der Waals surface area contributed by atoms with E-state index in [0.29, 0.717) is 11.1 Å². The van der Waals surface area contributed by atoms with Crippen molar-refractivity contribution in [3.05, 3.63) is 21.8 Å². The minimum absolute atomic E-state index is 0.488. The summed E-state index contributed by atoms with van der Waals surface area (Å²) in [7, 11) is 0. The van der Waals surface area contributed by atoms with E-state index in [4.69, 9.17) is 11.6 Å². The molecule has 0 amide bonds. The Balaban J connectivity index is 1.63. The average Bonchev–Trinajstić information content (AvgIpc) is 3.04. The van der Waals surface area contributed by atoms with Crippen LogP contribution in [0.2, 0.25) is 5.02 Å². The molecular weight excluding hydrogens is 302 g/mol. The molecule has 3 nitrogen and oxygen atoms in total. The van der Waals surface area contributed by atoms with Gasteiger partial charge < -0.3 is 5.32 Å². The molecule has 5 heteroatoms. The Morgan fingerprint density at radius 2 is 2.24 bits per heavy atom. The van der Waals surface area contributed by atoms with Crippen molar-refractivity contribution in [3.63, 3.8) is 0 Å². The van der Waals surface area contributed by atoms with Gasteiger partial charge >= 0.3 is 0 Å². The third kappa shape index (κ3) is 2.75. The number of rotatable bonds is 3. The van der Waals surface area contributed by atoms with E-state index < -0.39 is 0 Å². The molecule has 1 N–H and O–H groups in total. The predicted octanol–water partition coefficient (Wildman–Crippen LogP) is 3.15. The number of aromatic nitrogens is 1. The number of pyridine rings is 1. The summed E-state index contributed by atoms with van der Waals surface area (Å²) in [5, 5.41) is 4.13. The Kier molecular flexibility index (Phi) is 3.28. The lowest BCUT2D eigenvalue weighted by atomic mass is 10.2. The number of hydrogen-bond acceptors (Lipinski definition) is 3. The van der Waals surface area contributed by atoms with Crippen LogP contribution in [-0.2, 0) is 0 Å². The van der Waals surface area contributed by atoms with Crippen molar-refractivity contribution < 1.29 is 0 Å². The van der Waals surface area contributed by atoms with Crippen molar-refractivity contribution in [2.24, 2.45) is 0 Å². The number of anilines is 1. The van der Waals surface area contributed by atoms with Crippen LogP contribution in [-0.4, -0.2) is 35.1 Å². The third-order valence-electron chi connectivity index (χ3n) is 3.43. The molecule has 2 heterocycles. The van der Waals surface area contributed by atoms with E-state index >= 15 is 0 Å². The second-order valence-corrected chi connectivity index (χ2v) is 6.16. The van der Waals surface area contributed by atoms with Gasteiger partial charge in [0, 0.05) is 35.8 Å². The maximum absolute atomic E-state index is 6.15. The summed E-state index contributed by atoms with van der Waals surface area (Å²) < 4.78 is 0.916. The third-order valence-corrected chi connectivity index (χ3v) is 4.15. The van der Waals surface area contributed by atoms with E-state index in [1.54, 1.807) is 6.20 Å². The van der Waals surface area contributed by atoms with Crippen LogP contribution in [0, 0.1) is 0 Å². The zero-order valence-electron chi connectivity index (χ0n) is 9.50. The molecule has 0 spiro atoms. The van der Waals surface area contributed by atoms with E-state index in [0.717, 1.165) is 22.9 Å². The fourth-order valence-corrected chi connectivity index (χ4v) is 3.07. The second-order valence-electron chi connectivity index (χ2n) is 4.84. The van der Waals surface area contributed by atoms with Gasteiger partial charge in [0.05, 0.1) is 5.02 Å². The van der Waals surface area contributed by atoms with E-state index in [1.807, 2.05) is 6.07 Å². The van der Waals surface area contributed by atoms with Gasteiger partial charge in [-0.3, -0.25) is 4.90 Å². The Morgan fingerprint density at radius 3 is 2.94 bits per heavy atom. The van der Waals surface area contributed by atoms with Crippen LogP contribution in [0.4, 0.5) is 5.82 Å². The summed E-state index contributed by atoms with van der Waals surface area (Å²) >= 11 is 9.51. The molecular formula is C12H15BrClN3. The van der Waals surface area contributed by atoms with Crippen LogP contribution in [0.3, 0.4) is 0 Å². The summed E-state index contributed by atoms with van der Waals surface area (Å²) in [4.78, 5) is 6.89. The Bertz CT molecular complexity index is 422. The van der Waals surface area contributed by atoms with Gasteiger partial charge in [0.25, 0.3) is 0 Å². The van der Waals surface area contributed by atoms with Gasteiger partial charge in [0.2, 0.25) is 0 Å². The van der Waals surface area contributed by atoms with Crippen LogP contribution in [0.5, 0.6) is 0 Å². The maximum atomic E-state index is 6.15. The lowest BCUT2D eigenvalue weighted by Gasteiger charge is -2.16. The molecule has 1 atom stereocenters. The normalized spacial score (nSPS) is 25.2. The van der Waals surface area contributed by atoms with E-state index in [2.05, 4.69) is 31.1 Å². The van der Waals surface area contributed by atoms with Crippen molar-refractivity contribution in [1.29, 1.82) is 0 Å². The zero-order chi connectivity index (χ0) is 11.8. The van der Waals surface area contributed by atoms with Gasteiger partial charge in [-0.05, 0) is 41.3 Å². The predicted molar refractivity (Wildman–Crippen MR) is 73.6 cm³/mol. The fourth-order valence-electron chi connectivity index (χ4n) is 2.39. The summed E-state index contributed by atoms with van der Waals surface area (Å²) in [5.41, 5.74) is 0. The molecule has 92 valence electrons. The van der Waals surface area contributed by atoms with Gasteiger partial charge in [-0.25, -0.2) is 4.98 Å². The first-order valence-corrected chi connectivity index (χ1v) is 7.21. The standard InChI is InChI=1S/C12H15BrClN3/c13-8-5-11(14)12(15-6-8)16-9-3-4-17(7-9)10-1-2-10/h5-6,9-10H,1-4,7H2,(H,15,16). The molecule has 1 unspecified atom stereocenters. The Morgan fingerprint density at radius 1 is 1.41 bits per heavy atom. The molecule has 3 rings (SSSR count). The Hall–Kier alpha value is -0.320. The first-order chi connectivity index (χ1) is 8.22. The lowest BCUT2D eigenvalue weighted by molar-refractivity contribution is 0.326. The molecule has 1 saturated heterocycles. The minimum Gasteiger partial charge on any atom is -0.365 e. The molecule has 2 aliphatic rings. The van der Waals surface area contributed by atoms with Crippen LogP contribution in [0.25, 0.3) is 0 Å². The molecule has 0 bridgehead atoms. The molecule has 1 aliphatic carbocycles. The van der Waals surface area contributed by atoms with E-state index in [9.17, 15) is 0 Å². The smallest absolute Gasteiger partial charge is 0.145 e. The zero-order valence-corrected chi connectivity index (χ0v) is 11.8. The first-order valence-electron chi connectivity index (χ1n) is 6.04. The number of halogens is 2. The van der Waals surface area contributed by atoms with Gasteiger partial charge in [0.1, 0.15) is 5.82 Å². The molecule has 1 aliphatic heterocycles. The Labute approximate surface area is 115 Å². The molecule has 2 fully saturated rings. The van der Waals surface area contributed by atoms with Gasteiger partial charge in [-0.1, -0.05) is 11.6 Å². The summed E-state index contributed by atoms with van der Waals surface area (Å²) in [6.07, 6.45) is 5.72. The summed E-state index contributed by atoms with van der Waals surface area (Å²) in [5.74, 6) is 0.803. The molecule has 17 heavy (non-hydrogen) atoms. The van der Waals surface area contributed by atoms with Crippen LogP contribution in [0.15, 0.2) is 16.7 Å². The minimum atomic E-state index is 0.488. The largest absolute Gasteiger partial charge is 0.365 e. The topological polar surface area (TPSA) is 28.2 Å². The summed E-state index contributed by atoms with van der Waals surface area (Å²) in [6.45, 7) is 2.33. The van der Waals surface area contributed by atoms with Crippen molar-refractivity contribution >= 4 is 33.3 Å². The van der Waals surface area contributed by atoms with Crippen LogP contribution in [0.1, 0.15) is 19.3 Å².